The Morgan fingerprint density at radius 2 is 1.89 bits per heavy atom. The van der Waals surface area contributed by atoms with Gasteiger partial charge in [-0.1, -0.05) is 24.3 Å². The minimum Gasteiger partial charge on any atom is -0.352 e. The molecule has 1 heterocycles. The molecule has 2 atom stereocenters. The van der Waals surface area contributed by atoms with E-state index >= 15 is 0 Å². The lowest BCUT2D eigenvalue weighted by Crippen LogP contribution is -2.50. The van der Waals surface area contributed by atoms with Gasteiger partial charge in [0.25, 0.3) is 0 Å². The van der Waals surface area contributed by atoms with E-state index in [1.807, 2.05) is 0 Å². The van der Waals surface area contributed by atoms with Gasteiger partial charge in [0.2, 0.25) is 5.91 Å². The molecular weight excluding hydrogens is 236 g/mol. The minimum atomic E-state index is 0.136. The summed E-state index contributed by atoms with van der Waals surface area (Å²) in [5.74, 6) is 0.370. The molecule has 0 spiro atoms. The van der Waals surface area contributed by atoms with Crippen LogP contribution >= 0.6 is 0 Å². The molecule has 1 fully saturated rings. The summed E-state index contributed by atoms with van der Waals surface area (Å²) >= 11 is 0. The summed E-state index contributed by atoms with van der Waals surface area (Å²) in [6, 6.07) is 9.31. The summed E-state index contributed by atoms with van der Waals surface area (Å²) in [4.78, 5) is 12.3. The standard InChI is InChI=1S/C16H22N2O/c1-11-6-7-15(10-17-11)18-16(19)14-8-12-4-2-3-5-13(12)9-14/h2-5,11,14-15,17H,6-10H2,1H3,(H,18,19). The van der Waals surface area contributed by atoms with Crippen molar-refractivity contribution < 1.29 is 4.79 Å². The van der Waals surface area contributed by atoms with Gasteiger partial charge >= 0.3 is 0 Å². The molecular formula is C16H22N2O. The van der Waals surface area contributed by atoms with E-state index in [1.165, 1.54) is 11.1 Å². The zero-order valence-electron chi connectivity index (χ0n) is 11.5. The number of carbonyl (C=O) groups excluding carboxylic acids is 1. The molecule has 2 aliphatic rings. The van der Waals surface area contributed by atoms with Crippen LogP contribution in [0.3, 0.4) is 0 Å². The Hall–Kier alpha value is -1.35. The van der Waals surface area contributed by atoms with Crippen molar-refractivity contribution in [3.8, 4) is 0 Å². The Balaban J connectivity index is 1.55. The maximum atomic E-state index is 12.3. The van der Waals surface area contributed by atoms with E-state index in [9.17, 15) is 4.79 Å². The number of fused-ring (bicyclic) bond motifs is 1. The molecule has 102 valence electrons. The Labute approximate surface area is 114 Å². The maximum Gasteiger partial charge on any atom is 0.224 e. The van der Waals surface area contributed by atoms with Crippen LogP contribution in [0.2, 0.25) is 0 Å². The minimum absolute atomic E-state index is 0.136. The van der Waals surface area contributed by atoms with Crippen molar-refractivity contribution in [1.82, 2.24) is 10.6 Å². The zero-order chi connectivity index (χ0) is 13.2. The Morgan fingerprint density at radius 1 is 1.21 bits per heavy atom. The molecule has 19 heavy (non-hydrogen) atoms. The van der Waals surface area contributed by atoms with Gasteiger partial charge in [0.05, 0.1) is 0 Å². The first-order valence-electron chi connectivity index (χ1n) is 7.33. The van der Waals surface area contributed by atoms with E-state index in [4.69, 9.17) is 0 Å². The van der Waals surface area contributed by atoms with E-state index in [0.717, 1.165) is 32.2 Å². The fraction of sp³-hybridized carbons (Fsp3) is 0.562. The lowest BCUT2D eigenvalue weighted by Gasteiger charge is -2.29. The largest absolute Gasteiger partial charge is 0.352 e. The predicted octanol–water partition coefficient (Wildman–Crippen LogP) is 1.66. The smallest absolute Gasteiger partial charge is 0.224 e. The molecule has 0 radical (unpaired) electrons. The maximum absolute atomic E-state index is 12.3. The van der Waals surface area contributed by atoms with Gasteiger partial charge in [-0.15, -0.1) is 0 Å². The molecule has 0 aromatic heterocycles. The highest BCUT2D eigenvalue weighted by Gasteiger charge is 2.29. The van der Waals surface area contributed by atoms with Gasteiger partial charge in [0.1, 0.15) is 0 Å². The lowest BCUT2D eigenvalue weighted by molar-refractivity contribution is -0.125. The second-order valence-corrected chi connectivity index (χ2v) is 5.97. The van der Waals surface area contributed by atoms with Crippen molar-refractivity contribution in [3.63, 3.8) is 0 Å². The summed E-state index contributed by atoms with van der Waals surface area (Å²) < 4.78 is 0. The van der Waals surface area contributed by atoms with Crippen molar-refractivity contribution in [2.75, 3.05) is 6.54 Å². The highest BCUT2D eigenvalue weighted by molar-refractivity contribution is 5.80. The zero-order valence-corrected chi connectivity index (χ0v) is 11.5. The average Bonchev–Trinajstić information content (AvgIpc) is 2.85. The molecule has 0 bridgehead atoms. The molecule has 1 aliphatic carbocycles. The van der Waals surface area contributed by atoms with Crippen LogP contribution in [0.5, 0.6) is 0 Å². The number of amides is 1. The van der Waals surface area contributed by atoms with Crippen LogP contribution in [0.25, 0.3) is 0 Å². The van der Waals surface area contributed by atoms with Crippen molar-refractivity contribution in [1.29, 1.82) is 0 Å². The first kappa shape index (κ1) is 12.7. The van der Waals surface area contributed by atoms with Gasteiger partial charge in [-0.2, -0.15) is 0 Å². The van der Waals surface area contributed by atoms with E-state index in [2.05, 4.69) is 41.8 Å². The number of piperidine rings is 1. The van der Waals surface area contributed by atoms with Gasteiger partial charge in [0.15, 0.2) is 0 Å². The number of rotatable bonds is 2. The monoisotopic (exact) mass is 258 g/mol. The third-order valence-electron chi connectivity index (χ3n) is 4.43. The van der Waals surface area contributed by atoms with E-state index in [0.29, 0.717) is 12.1 Å². The summed E-state index contributed by atoms with van der Waals surface area (Å²) in [6.07, 6.45) is 4.05. The highest BCUT2D eigenvalue weighted by Crippen LogP contribution is 2.26. The summed E-state index contributed by atoms with van der Waals surface area (Å²) in [7, 11) is 0. The van der Waals surface area contributed by atoms with Crippen molar-refractivity contribution in [3.05, 3.63) is 35.4 Å². The Morgan fingerprint density at radius 3 is 2.47 bits per heavy atom. The van der Waals surface area contributed by atoms with Crippen molar-refractivity contribution in [2.24, 2.45) is 5.92 Å². The Kier molecular flexibility index (Phi) is 3.56. The second-order valence-electron chi connectivity index (χ2n) is 5.97. The molecule has 1 aromatic rings. The normalized spacial score (nSPS) is 27.0. The van der Waals surface area contributed by atoms with Gasteiger partial charge < -0.3 is 10.6 Å². The van der Waals surface area contributed by atoms with Crippen LogP contribution in [-0.4, -0.2) is 24.5 Å². The van der Waals surface area contributed by atoms with Crippen LogP contribution in [0.1, 0.15) is 30.9 Å². The van der Waals surface area contributed by atoms with E-state index in [1.54, 1.807) is 0 Å². The number of benzene rings is 1. The van der Waals surface area contributed by atoms with E-state index in [-0.39, 0.29) is 11.8 Å². The fourth-order valence-electron chi connectivity index (χ4n) is 3.19. The third kappa shape index (κ3) is 2.81. The molecule has 3 heteroatoms. The molecule has 1 aromatic carbocycles. The van der Waals surface area contributed by atoms with Crippen LogP contribution in [0.15, 0.2) is 24.3 Å². The highest BCUT2D eigenvalue weighted by atomic mass is 16.1. The Bertz CT molecular complexity index is 439. The quantitative estimate of drug-likeness (QED) is 0.847. The van der Waals surface area contributed by atoms with Crippen LogP contribution in [0, 0.1) is 5.92 Å². The first-order valence-corrected chi connectivity index (χ1v) is 7.33. The van der Waals surface area contributed by atoms with Gasteiger partial charge in [-0.3, -0.25) is 4.79 Å². The molecule has 1 aliphatic heterocycles. The van der Waals surface area contributed by atoms with E-state index < -0.39 is 0 Å². The molecule has 2 unspecified atom stereocenters. The molecule has 3 rings (SSSR count). The lowest BCUT2D eigenvalue weighted by atomic mass is 10.00. The van der Waals surface area contributed by atoms with Gasteiger partial charge in [-0.05, 0) is 43.7 Å². The van der Waals surface area contributed by atoms with Crippen LogP contribution < -0.4 is 10.6 Å². The number of nitrogens with one attached hydrogen (secondary N) is 2. The molecule has 3 nitrogen and oxygen atoms in total. The molecule has 0 saturated carbocycles. The van der Waals surface area contributed by atoms with Crippen LogP contribution in [-0.2, 0) is 17.6 Å². The summed E-state index contributed by atoms with van der Waals surface area (Å²) in [5.41, 5.74) is 2.69. The predicted molar refractivity (Wildman–Crippen MR) is 76.0 cm³/mol. The SMILES string of the molecule is CC1CCC(NC(=O)C2Cc3ccccc3C2)CN1. The topological polar surface area (TPSA) is 41.1 Å². The fourth-order valence-corrected chi connectivity index (χ4v) is 3.19. The van der Waals surface area contributed by atoms with Crippen molar-refractivity contribution >= 4 is 5.91 Å². The van der Waals surface area contributed by atoms with Gasteiger partial charge in [-0.25, -0.2) is 0 Å². The van der Waals surface area contributed by atoms with Crippen LogP contribution in [0.4, 0.5) is 0 Å². The van der Waals surface area contributed by atoms with Crippen molar-refractivity contribution in [2.45, 2.75) is 44.7 Å². The number of hydrogen-bond acceptors (Lipinski definition) is 2. The summed E-state index contributed by atoms with van der Waals surface area (Å²) in [5, 5.41) is 6.65. The number of carbonyl (C=O) groups is 1. The molecule has 2 N–H and O–H groups in total. The number of hydrogen-bond donors (Lipinski definition) is 2. The van der Waals surface area contributed by atoms with Gasteiger partial charge in [0, 0.05) is 24.5 Å². The molecule has 1 amide bonds. The molecule has 1 saturated heterocycles. The second kappa shape index (κ2) is 5.33. The third-order valence-corrected chi connectivity index (χ3v) is 4.43. The first-order chi connectivity index (χ1) is 9.22. The summed E-state index contributed by atoms with van der Waals surface area (Å²) in [6.45, 7) is 3.11. The average molecular weight is 258 g/mol.